The lowest BCUT2D eigenvalue weighted by molar-refractivity contribution is -0.149. The Balaban J connectivity index is 1.83. The molecule has 2 fully saturated rings. The van der Waals surface area contributed by atoms with Gasteiger partial charge in [-0.15, -0.1) is 0 Å². The highest BCUT2D eigenvalue weighted by Gasteiger charge is 2.63. The van der Waals surface area contributed by atoms with Gasteiger partial charge in [0.25, 0.3) is 0 Å². The van der Waals surface area contributed by atoms with Gasteiger partial charge in [-0.3, -0.25) is 0 Å². The summed E-state index contributed by atoms with van der Waals surface area (Å²) in [5.41, 5.74) is 1.25. The van der Waals surface area contributed by atoms with Crippen LogP contribution in [0.5, 0.6) is 0 Å². The normalized spacial score (nSPS) is 32.2. The molecule has 0 radical (unpaired) electrons. The van der Waals surface area contributed by atoms with Crippen LogP contribution in [-0.2, 0) is 33.3 Å². The standard InChI is InChI=1S/C25H32O8/c1-6-15(3)22(27)30-13-17(9-11-26)24(29)31-18-12-14(2)8-7-10-25(5)21(33-25)20-19(18)16(4)23(28)32-20/h6,8-9,18-21,26H,4,7,10-13H2,1-3,5H3. The van der Waals surface area contributed by atoms with Gasteiger partial charge in [0, 0.05) is 17.6 Å². The molecule has 0 bridgehead atoms. The second kappa shape index (κ2) is 10.1. The number of carbonyl (C=O) groups is 3. The summed E-state index contributed by atoms with van der Waals surface area (Å²) >= 11 is 0. The number of aliphatic hydroxyl groups is 1. The molecule has 1 N–H and O–H groups in total. The zero-order chi connectivity index (χ0) is 24.3. The van der Waals surface area contributed by atoms with Crippen molar-refractivity contribution >= 4 is 17.9 Å². The van der Waals surface area contributed by atoms with Crippen LogP contribution < -0.4 is 0 Å². The first-order valence-corrected chi connectivity index (χ1v) is 11.2. The van der Waals surface area contributed by atoms with Crippen LogP contribution in [0.3, 0.4) is 0 Å². The Morgan fingerprint density at radius 1 is 1.36 bits per heavy atom. The molecule has 5 atom stereocenters. The van der Waals surface area contributed by atoms with Gasteiger partial charge in [-0.25, -0.2) is 14.4 Å². The number of hydrogen-bond donors (Lipinski definition) is 1. The highest BCUT2D eigenvalue weighted by Crippen LogP contribution is 2.50. The number of ether oxygens (including phenoxy) is 4. The fraction of sp³-hybridized carbons (Fsp3) is 0.560. The molecule has 2 heterocycles. The summed E-state index contributed by atoms with van der Waals surface area (Å²) in [7, 11) is 0. The Bertz CT molecular complexity index is 927. The van der Waals surface area contributed by atoms with E-state index in [4.69, 9.17) is 18.9 Å². The van der Waals surface area contributed by atoms with E-state index < -0.39 is 48.2 Å². The molecule has 3 aliphatic rings. The van der Waals surface area contributed by atoms with Crippen LogP contribution in [0, 0.1) is 5.92 Å². The second-order valence-electron chi connectivity index (χ2n) is 8.97. The molecule has 1 aliphatic carbocycles. The lowest BCUT2D eigenvalue weighted by Gasteiger charge is -2.28. The lowest BCUT2D eigenvalue weighted by Crippen LogP contribution is -2.39. The zero-order valence-corrected chi connectivity index (χ0v) is 19.6. The van der Waals surface area contributed by atoms with Gasteiger partial charge in [-0.1, -0.05) is 24.3 Å². The second-order valence-corrected chi connectivity index (χ2v) is 8.97. The van der Waals surface area contributed by atoms with Crippen LogP contribution in [0.1, 0.15) is 47.0 Å². The van der Waals surface area contributed by atoms with Crippen molar-refractivity contribution in [2.75, 3.05) is 13.2 Å². The third kappa shape index (κ3) is 5.45. The minimum absolute atomic E-state index is 0.00777. The molecule has 33 heavy (non-hydrogen) atoms. The smallest absolute Gasteiger partial charge is 0.337 e. The van der Waals surface area contributed by atoms with Crippen molar-refractivity contribution in [1.82, 2.24) is 0 Å². The van der Waals surface area contributed by atoms with Crippen LogP contribution >= 0.6 is 0 Å². The van der Waals surface area contributed by atoms with E-state index in [1.807, 2.05) is 13.8 Å². The lowest BCUT2D eigenvalue weighted by atomic mass is 9.82. The zero-order valence-electron chi connectivity index (χ0n) is 19.6. The Morgan fingerprint density at radius 2 is 2.09 bits per heavy atom. The number of aliphatic hydroxyl groups excluding tert-OH is 1. The molecular weight excluding hydrogens is 428 g/mol. The molecule has 0 aromatic heterocycles. The van der Waals surface area contributed by atoms with E-state index >= 15 is 0 Å². The minimum atomic E-state index is -0.741. The summed E-state index contributed by atoms with van der Waals surface area (Å²) in [5, 5.41) is 9.36. The van der Waals surface area contributed by atoms with Crippen LogP contribution in [-0.4, -0.2) is 60.1 Å². The van der Waals surface area contributed by atoms with E-state index in [9.17, 15) is 19.5 Å². The molecular formula is C25H32O8. The number of allylic oxidation sites excluding steroid dienone is 2. The molecule has 180 valence electrons. The molecule has 0 spiro atoms. The first-order chi connectivity index (χ1) is 15.6. The van der Waals surface area contributed by atoms with E-state index in [0.29, 0.717) is 12.0 Å². The Labute approximate surface area is 193 Å². The molecule has 2 saturated heterocycles. The van der Waals surface area contributed by atoms with E-state index in [0.717, 1.165) is 18.4 Å². The Hall–Kier alpha value is -2.71. The average Bonchev–Trinajstić information content (AvgIpc) is 3.35. The van der Waals surface area contributed by atoms with Gasteiger partial charge in [0.2, 0.25) is 0 Å². The maximum absolute atomic E-state index is 13.0. The topological polar surface area (TPSA) is 112 Å². The molecule has 8 nitrogen and oxygen atoms in total. The van der Waals surface area contributed by atoms with Crippen LogP contribution in [0.15, 0.2) is 47.1 Å². The molecule has 0 aromatic carbocycles. The number of rotatable bonds is 6. The van der Waals surface area contributed by atoms with E-state index in [1.54, 1.807) is 19.9 Å². The average molecular weight is 461 g/mol. The van der Waals surface area contributed by atoms with Gasteiger partial charge in [0.1, 0.15) is 24.9 Å². The molecule has 0 saturated carbocycles. The number of esters is 3. The summed E-state index contributed by atoms with van der Waals surface area (Å²) in [4.78, 5) is 37.4. The molecule has 3 rings (SSSR count). The van der Waals surface area contributed by atoms with Crippen molar-refractivity contribution in [3.8, 4) is 0 Å². The van der Waals surface area contributed by atoms with Crippen molar-refractivity contribution in [3.05, 3.63) is 47.1 Å². The van der Waals surface area contributed by atoms with E-state index in [1.165, 1.54) is 6.08 Å². The SMILES string of the molecule is C=C1C(=O)OC2C1C(OC(=O)C(=CCO)COC(=O)C(C)=CC)CC(C)=CCCC1(C)OC21. The summed E-state index contributed by atoms with van der Waals surface area (Å²) in [6.45, 7) is 10.4. The largest absolute Gasteiger partial charge is 0.458 e. The number of epoxide rings is 1. The quantitative estimate of drug-likeness (QED) is 0.212. The summed E-state index contributed by atoms with van der Waals surface area (Å²) in [6.07, 6.45) is 5.27. The molecule has 2 aliphatic heterocycles. The maximum Gasteiger partial charge on any atom is 0.337 e. The van der Waals surface area contributed by atoms with Crippen molar-refractivity contribution in [1.29, 1.82) is 0 Å². The van der Waals surface area contributed by atoms with Crippen molar-refractivity contribution in [3.63, 3.8) is 0 Å². The summed E-state index contributed by atoms with van der Waals surface area (Å²) in [6, 6.07) is 0. The fourth-order valence-electron chi connectivity index (χ4n) is 4.31. The Morgan fingerprint density at radius 3 is 2.76 bits per heavy atom. The van der Waals surface area contributed by atoms with Crippen molar-refractivity contribution in [2.24, 2.45) is 5.92 Å². The van der Waals surface area contributed by atoms with Gasteiger partial charge >= 0.3 is 17.9 Å². The van der Waals surface area contributed by atoms with Gasteiger partial charge in [-0.2, -0.15) is 0 Å². The van der Waals surface area contributed by atoms with Crippen molar-refractivity contribution < 1.29 is 38.4 Å². The molecule has 5 unspecified atom stereocenters. The first kappa shape index (κ1) is 24.9. The highest BCUT2D eigenvalue weighted by atomic mass is 16.6. The Kier molecular flexibility index (Phi) is 7.59. The van der Waals surface area contributed by atoms with Gasteiger partial charge in [-0.05, 0) is 46.6 Å². The summed E-state index contributed by atoms with van der Waals surface area (Å²) < 4.78 is 22.5. The predicted molar refractivity (Wildman–Crippen MR) is 119 cm³/mol. The van der Waals surface area contributed by atoms with Gasteiger partial charge in [0.15, 0.2) is 0 Å². The van der Waals surface area contributed by atoms with Crippen LogP contribution in [0.2, 0.25) is 0 Å². The predicted octanol–water partition coefficient (Wildman–Crippen LogP) is 2.71. The first-order valence-electron chi connectivity index (χ1n) is 11.2. The van der Waals surface area contributed by atoms with Gasteiger partial charge < -0.3 is 24.1 Å². The van der Waals surface area contributed by atoms with E-state index in [-0.39, 0.29) is 23.9 Å². The number of hydrogen-bond acceptors (Lipinski definition) is 8. The monoisotopic (exact) mass is 460 g/mol. The van der Waals surface area contributed by atoms with E-state index in [2.05, 4.69) is 12.7 Å². The minimum Gasteiger partial charge on any atom is -0.458 e. The van der Waals surface area contributed by atoms with Crippen LogP contribution in [0.4, 0.5) is 0 Å². The maximum atomic E-state index is 13.0. The van der Waals surface area contributed by atoms with Crippen LogP contribution in [0.25, 0.3) is 0 Å². The third-order valence-electron chi connectivity index (χ3n) is 6.53. The highest BCUT2D eigenvalue weighted by molar-refractivity contribution is 5.92. The molecule has 0 aromatic rings. The fourth-order valence-corrected chi connectivity index (χ4v) is 4.31. The van der Waals surface area contributed by atoms with Gasteiger partial charge in [0.05, 0.1) is 23.7 Å². The molecule has 0 amide bonds. The number of fused-ring (bicyclic) bond motifs is 3. The summed E-state index contributed by atoms with van der Waals surface area (Å²) in [5.74, 6) is -2.40. The third-order valence-corrected chi connectivity index (χ3v) is 6.53. The number of carbonyl (C=O) groups excluding carboxylic acids is 3. The van der Waals surface area contributed by atoms with Crippen molar-refractivity contribution in [2.45, 2.75) is 70.9 Å². The molecule has 8 heteroatoms.